The van der Waals surface area contributed by atoms with Gasteiger partial charge in [-0.2, -0.15) is 0 Å². The predicted octanol–water partition coefficient (Wildman–Crippen LogP) is 4.66. The van der Waals surface area contributed by atoms with E-state index in [0.29, 0.717) is 5.92 Å². The van der Waals surface area contributed by atoms with Crippen molar-refractivity contribution < 1.29 is 0 Å². The second-order valence-corrected chi connectivity index (χ2v) is 5.71. The van der Waals surface area contributed by atoms with E-state index in [1.165, 1.54) is 44.1 Å². The molecule has 1 aliphatic rings. The molecule has 1 heteroatoms. The average Bonchev–Trinajstić information content (AvgIpc) is 2.49. The van der Waals surface area contributed by atoms with E-state index < -0.39 is 0 Å². The molecule has 0 aliphatic heterocycles. The minimum Gasteiger partial charge on any atom is -0.316 e. The minimum atomic E-state index is 0.655. The van der Waals surface area contributed by atoms with E-state index >= 15 is 0 Å². The van der Waals surface area contributed by atoms with Crippen LogP contribution in [0.3, 0.4) is 0 Å². The van der Waals surface area contributed by atoms with Crippen LogP contribution in [0, 0.1) is 0 Å². The summed E-state index contributed by atoms with van der Waals surface area (Å²) in [6.07, 6.45) is 10.4. The van der Waals surface area contributed by atoms with Crippen LogP contribution in [0.4, 0.5) is 0 Å². The van der Waals surface area contributed by atoms with Crippen LogP contribution in [-0.4, -0.2) is 13.1 Å². The fraction of sp³-hybridized carbons (Fsp3) is 0.556. The highest BCUT2D eigenvalue weighted by atomic mass is 14.8. The van der Waals surface area contributed by atoms with E-state index in [0.717, 1.165) is 13.1 Å². The number of hydrogen-bond acceptors (Lipinski definition) is 1. The fourth-order valence-corrected chi connectivity index (χ4v) is 2.77. The minimum absolute atomic E-state index is 0.655. The first-order valence-electron chi connectivity index (χ1n) is 7.80. The molecule has 19 heavy (non-hydrogen) atoms. The van der Waals surface area contributed by atoms with Gasteiger partial charge in [0.1, 0.15) is 0 Å². The lowest BCUT2D eigenvalue weighted by Crippen LogP contribution is -2.19. The Kier molecular flexibility index (Phi) is 6.16. The maximum absolute atomic E-state index is 3.59. The zero-order chi connectivity index (χ0) is 13.3. The van der Waals surface area contributed by atoms with Crippen molar-refractivity contribution in [1.82, 2.24) is 5.32 Å². The third kappa shape index (κ3) is 5.20. The number of allylic oxidation sites excluding steroid dienone is 1. The number of benzene rings is 1. The van der Waals surface area contributed by atoms with Crippen molar-refractivity contribution in [3.8, 4) is 0 Å². The molecule has 0 spiro atoms. The van der Waals surface area contributed by atoms with Crippen molar-refractivity contribution in [2.45, 2.75) is 51.4 Å². The van der Waals surface area contributed by atoms with Crippen LogP contribution in [0.15, 0.2) is 42.0 Å². The van der Waals surface area contributed by atoms with Gasteiger partial charge in [-0.25, -0.2) is 0 Å². The van der Waals surface area contributed by atoms with Gasteiger partial charge in [-0.1, -0.05) is 48.9 Å². The fourth-order valence-electron chi connectivity index (χ4n) is 2.77. The van der Waals surface area contributed by atoms with Crippen LogP contribution >= 0.6 is 0 Å². The van der Waals surface area contributed by atoms with Gasteiger partial charge >= 0.3 is 0 Å². The molecular formula is C18H27N. The third-order valence-corrected chi connectivity index (χ3v) is 4.13. The second-order valence-electron chi connectivity index (χ2n) is 5.71. The Morgan fingerprint density at radius 3 is 2.68 bits per heavy atom. The van der Waals surface area contributed by atoms with Gasteiger partial charge in [-0.15, -0.1) is 0 Å². The van der Waals surface area contributed by atoms with Gasteiger partial charge in [0.25, 0.3) is 0 Å². The summed E-state index contributed by atoms with van der Waals surface area (Å²) in [5, 5.41) is 3.59. The first-order valence-corrected chi connectivity index (χ1v) is 7.80. The van der Waals surface area contributed by atoms with E-state index in [2.05, 4.69) is 48.6 Å². The maximum Gasteiger partial charge on any atom is -0.00116 e. The van der Waals surface area contributed by atoms with Gasteiger partial charge in [0.2, 0.25) is 0 Å². The molecule has 0 aromatic heterocycles. The van der Waals surface area contributed by atoms with Crippen molar-refractivity contribution >= 4 is 0 Å². The zero-order valence-corrected chi connectivity index (χ0v) is 12.2. The molecule has 0 bridgehead atoms. The monoisotopic (exact) mass is 257 g/mol. The zero-order valence-electron chi connectivity index (χ0n) is 12.2. The number of hydrogen-bond donors (Lipinski definition) is 1. The van der Waals surface area contributed by atoms with Crippen molar-refractivity contribution in [3.05, 3.63) is 47.5 Å². The van der Waals surface area contributed by atoms with Crippen molar-refractivity contribution in [2.75, 3.05) is 13.1 Å². The number of nitrogens with one attached hydrogen (secondary N) is 1. The molecule has 1 aromatic carbocycles. The largest absolute Gasteiger partial charge is 0.316 e. The topological polar surface area (TPSA) is 12.0 Å². The van der Waals surface area contributed by atoms with Crippen molar-refractivity contribution in [3.63, 3.8) is 0 Å². The summed E-state index contributed by atoms with van der Waals surface area (Å²) < 4.78 is 0. The first kappa shape index (κ1) is 14.3. The Bertz CT molecular complexity index is 380. The number of rotatable bonds is 7. The summed E-state index contributed by atoms with van der Waals surface area (Å²) in [4.78, 5) is 0. The normalized spacial score (nSPS) is 17.0. The van der Waals surface area contributed by atoms with E-state index in [1.807, 2.05) is 0 Å². The smallest absolute Gasteiger partial charge is 0.00116 e. The molecule has 1 aliphatic carbocycles. The van der Waals surface area contributed by atoms with E-state index in [1.54, 1.807) is 5.57 Å². The summed E-state index contributed by atoms with van der Waals surface area (Å²) in [7, 11) is 0. The molecule has 1 atom stereocenters. The van der Waals surface area contributed by atoms with Gasteiger partial charge in [0.15, 0.2) is 0 Å². The molecule has 1 aromatic rings. The molecule has 1 nitrogen and oxygen atoms in total. The summed E-state index contributed by atoms with van der Waals surface area (Å²) in [5.74, 6) is 0.655. The lowest BCUT2D eigenvalue weighted by atomic mass is 9.97. The summed E-state index contributed by atoms with van der Waals surface area (Å²) in [5.41, 5.74) is 3.13. The Balaban J connectivity index is 1.58. The molecule has 0 saturated carbocycles. The van der Waals surface area contributed by atoms with Crippen LogP contribution < -0.4 is 5.32 Å². The molecule has 0 heterocycles. The molecule has 0 saturated heterocycles. The van der Waals surface area contributed by atoms with E-state index in [4.69, 9.17) is 0 Å². The molecule has 1 unspecified atom stereocenters. The van der Waals surface area contributed by atoms with E-state index in [9.17, 15) is 0 Å². The maximum atomic E-state index is 3.59. The lowest BCUT2D eigenvalue weighted by molar-refractivity contribution is 0.582. The average molecular weight is 257 g/mol. The highest BCUT2D eigenvalue weighted by Crippen LogP contribution is 2.20. The molecule has 0 fully saturated rings. The van der Waals surface area contributed by atoms with Gasteiger partial charge in [-0.05, 0) is 63.1 Å². The Morgan fingerprint density at radius 2 is 1.95 bits per heavy atom. The van der Waals surface area contributed by atoms with Crippen LogP contribution in [0.1, 0.15) is 56.9 Å². The highest BCUT2D eigenvalue weighted by molar-refractivity contribution is 5.18. The van der Waals surface area contributed by atoms with Crippen LogP contribution in [0.25, 0.3) is 0 Å². The van der Waals surface area contributed by atoms with Gasteiger partial charge in [0, 0.05) is 0 Å². The quantitative estimate of drug-likeness (QED) is 0.553. The van der Waals surface area contributed by atoms with Crippen LogP contribution in [0.2, 0.25) is 0 Å². The molecule has 104 valence electrons. The van der Waals surface area contributed by atoms with Gasteiger partial charge in [0.05, 0.1) is 0 Å². The Hall–Kier alpha value is -1.08. The highest BCUT2D eigenvalue weighted by Gasteiger charge is 2.05. The predicted molar refractivity (Wildman–Crippen MR) is 83.5 cm³/mol. The molecule has 2 rings (SSSR count). The van der Waals surface area contributed by atoms with E-state index in [-0.39, 0.29) is 0 Å². The Morgan fingerprint density at radius 1 is 1.11 bits per heavy atom. The second kappa shape index (κ2) is 8.16. The summed E-state index contributed by atoms with van der Waals surface area (Å²) in [6.45, 7) is 4.59. The van der Waals surface area contributed by atoms with Crippen molar-refractivity contribution in [2.24, 2.45) is 0 Å². The lowest BCUT2D eigenvalue weighted by Gasteiger charge is -2.14. The summed E-state index contributed by atoms with van der Waals surface area (Å²) >= 11 is 0. The standard InChI is InChI=1S/C18H27N/c1-16(18-10-6-3-7-11-18)12-14-19-15-13-17-8-4-2-5-9-17/h3,6-8,10-11,16,19H,2,4-5,9,12-15H2,1H3. The SMILES string of the molecule is CC(CCNCCC1=CCCCC1)c1ccccc1. The third-order valence-electron chi connectivity index (χ3n) is 4.13. The van der Waals surface area contributed by atoms with Crippen LogP contribution in [-0.2, 0) is 0 Å². The van der Waals surface area contributed by atoms with Crippen LogP contribution in [0.5, 0.6) is 0 Å². The Labute approximate surface area is 118 Å². The van der Waals surface area contributed by atoms with Crippen molar-refractivity contribution in [1.29, 1.82) is 0 Å². The molecule has 0 radical (unpaired) electrons. The van der Waals surface area contributed by atoms with Gasteiger partial charge in [-0.3, -0.25) is 0 Å². The van der Waals surface area contributed by atoms with Gasteiger partial charge < -0.3 is 5.32 Å². The first-order chi connectivity index (χ1) is 9.36. The molecule has 1 N–H and O–H groups in total. The molecular weight excluding hydrogens is 230 g/mol. The summed E-state index contributed by atoms with van der Waals surface area (Å²) in [6, 6.07) is 10.8. The molecule has 0 amide bonds.